The average Bonchev–Trinajstić information content (AvgIpc) is 2.77. The molecule has 1 heterocycles. The zero-order valence-corrected chi connectivity index (χ0v) is 16.8. The summed E-state index contributed by atoms with van der Waals surface area (Å²) < 4.78 is 4.29. The van der Waals surface area contributed by atoms with Crippen LogP contribution in [0.15, 0.2) is 36.4 Å². The number of nitrogens with zero attached hydrogens (tertiary/aromatic N) is 2. The van der Waals surface area contributed by atoms with Crippen molar-refractivity contribution in [1.29, 1.82) is 0 Å². The summed E-state index contributed by atoms with van der Waals surface area (Å²) in [6.45, 7) is 1.92. The quantitative estimate of drug-likeness (QED) is 0.279. The normalized spacial score (nSPS) is 12.8. The van der Waals surface area contributed by atoms with Crippen molar-refractivity contribution < 1.29 is 0 Å². The highest BCUT2D eigenvalue weighted by Gasteiger charge is 2.18. The Morgan fingerprint density at radius 2 is 1.76 bits per heavy atom. The molecule has 1 atom stereocenters. The van der Waals surface area contributed by atoms with Crippen molar-refractivity contribution in [3.63, 3.8) is 0 Å². The van der Waals surface area contributed by atoms with Crippen molar-refractivity contribution in [3.05, 3.63) is 54.4 Å². The highest BCUT2D eigenvalue weighted by molar-refractivity contribution is 14.1. The van der Waals surface area contributed by atoms with Crippen molar-refractivity contribution in [2.75, 3.05) is 0 Å². The lowest BCUT2D eigenvalue weighted by Gasteiger charge is -2.12. The van der Waals surface area contributed by atoms with E-state index in [1.165, 1.54) is 0 Å². The van der Waals surface area contributed by atoms with E-state index in [2.05, 4.69) is 68.4 Å². The lowest BCUT2D eigenvalue weighted by Crippen LogP contribution is -2.02. The van der Waals surface area contributed by atoms with E-state index in [0.29, 0.717) is 5.02 Å². The second-order valence-corrected chi connectivity index (χ2v) is 8.20. The molecule has 0 aliphatic rings. The molecule has 0 spiro atoms. The van der Waals surface area contributed by atoms with Crippen molar-refractivity contribution in [3.8, 4) is 5.69 Å². The first-order valence-corrected chi connectivity index (χ1v) is 9.22. The van der Waals surface area contributed by atoms with Gasteiger partial charge in [-0.25, -0.2) is 4.98 Å². The molecule has 0 fully saturated rings. The van der Waals surface area contributed by atoms with E-state index >= 15 is 0 Å². The van der Waals surface area contributed by atoms with Crippen molar-refractivity contribution in [2.24, 2.45) is 0 Å². The average molecular weight is 543 g/mol. The molecule has 0 aliphatic carbocycles. The highest BCUT2D eigenvalue weighted by atomic mass is 127. The number of alkyl halides is 1. The largest absolute Gasteiger partial charge is 0.294 e. The molecule has 3 aromatic rings. The van der Waals surface area contributed by atoms with Gasteiger partial charge in [-0.05, 0) is 88.5 Å². The molecule has 1 aromatic heterocycles. The topological polar surface area (TPSA) is 17.8 Å². The number of hydrogen-bond acceptors (Lipinski definition) is 1. The Hall–Kier alpha value is -0.0500. The molecule has 2 nitrogen and oxygen atoms in total. The minimum absolute atomic E-state index is 0.203. The first kappa shape index (κ1) is 15.8. The Bertz CT molecular complexity index is 828. The molecule has 108 valence electrons. The summed E-state index contributed by atoms with van der Waals surface area (Å²) in [5, 5.41) is 0.490. The van der Waals surface area contributed by atoms with Gasteiger partial charge in [-0.3, -0.25) is 4.57 Å². The van der Waals surface area contributed by atoms with Crippen LogP contribution < -0.4 is 0 Å². The fourth-order valence-electron chi connectivity index (χ4n) is 2.25. The van der Waals surface area contributed by atoms with Crippen LogP contribution in [0.3, 0.4) is 0 Å². The molecular weight excluding hydrogens is 533 g/mol. The highest BCUT2D eigenvalue weighted by Crippen LogP contribution is 2.32. The first-order chi connectivity index (χ1) is 9.97. The van der Waals surface area contributed by atoms with Gasteiger partial charge in [0.2, 0.25) is 0 Å². The van der Waals surface area contributed by atoms with Crippen LogP contribution in [0.2, 0.25) is 5.02 Å². The molecule has 0 radical (unpaired) electrons. The molecule has 0 saturated heterocycles. The minimum Gasteiger partial charge on any atom is -0.294 e. The maximum atomic E-state index is 6.43. The van der Waals surface area contributed by atoms with Crippen LogP contribution in [0.25, 0.3) is 16.7 Å². The predicted molar refractivity (Wildman–Crippen MR) is 106 cm³/mol. The second kappa shape index (κ2) is 6.22. The molecule has 0 aliphatic heterocycles. The van der Waals surface area contributed by atoms with Crippen LogP contribution in [-0.2, 0) is 0 Å². The summed E-state index contributed by atoms with van der Waals surface area (Å²) in [7, 11) is 0. The molecule has 21 heavy (non-hydrogen) atoms. The Labute approximate surface area is 160 Å². The fourth-order valence-corrected chi connectivity index (χ4v) is 3.82. The van der Waals surface area contributed by atoms with Gasteiger partial charge in [0.25, 0.3) is 0 Å². The van der Waals surface area contributed by atoms with E-state index in [-0.39, 0.29) is 5.38 Å². The Balaban J connectivity index is 2.36. The summed E-state index contributed by atoms with van der Waals surface area (Å²) in [6.07, 6.45) is 0. The lowest BCUT2D eigenvalue weighted by molar-refractivity contribution is 0.882. The van der Waals surface area contributed by atoms with Crippen molar-refractivity contribution in [1.82, 2.24) is 9.55 Å². The molecular formula is C15H10Cl2I2N2. The number of rotatable bonds is 2. The van der Waals surface area contributed by atoms with Gasteiger partial charge in [-0.2, -0.15) is 0 Å². The predicted octanol–water partition coefficient (Wildman–Crippen LogP) is 6.19. The van der Waals surface area contributed by atoms with Gasteiger partial charge in [0.15, 0.2) is 0 Å². The fraction of sp³-hybridized carbons (Fsp3) is 0.133. The van der Waals surface area contributed by atoms with E-state index < -0.39 is 0 Å². The maximum Gasteiger partial charge on any atom is 0.132 e. The van der Waals surface area contributed by atoms with Crippen molar-refractivity contribution >= 4 is 79.4 Å². The third kappa shape index (κ3) is 3.04. The van der Waals surface area contributed by atoms with Crippen LogP contribution in [-0.4, -0.2) is 9.55 Å². The standard InChI is InChI=1S/C15H10Cl2I2N2/c1-8(16)15-20-12-7-10(19)3-5-14(12)21(15)13-4-2-9(18)6-11(13)17/h2-8H,1H3. The molecule has 2 aromatic carbocycles. The van der Waals surface area contributed by atoms with Crippen LogP contribution in [0.5, 0.6) is 0 Å². The van der Waals surface area contributed by atoms with Gasteiger partial charge in [0.1, 0.15) is 5.82 Å². The molecule has 1 unspecified atom stereocenters. The maximum absolute atomic E-state index is 6.43. The number of halogens is 4. The molecule has 0 amide bonds. The summed E-state index contributed by atoms with van der Waals surface area (Å²) in [6, 6.07) is 12.1. The zero-order chi connectivity index (χ0) is 15.1. The summed E-state index contributed by atoms with van der Waals surface area (Å²) >= 11 is 17.3. The molecule has 0 saturated carbocycles. The van der Waals surface area contributed by atoms with Gasteiger partial charge in [-0.1, -0.05) is 11.6 Å². The third-order valence-electron chi connectivity index (χ3n) is 3.15. The Morgan fingerprint density at radius 3 is 2.43 bits per heavy atom. The van der Waals surface area contributed by atoms with Crippen LogP contribution in [0.1, 0.15) is 18.1 Å². The summed E-state index contributed by atoms with van der Waals surface area (Å²) in [4.78, 5) is 4.68. The van der Waals surface area contributed by atoms with Crippen LogP contribution >= 0.6 is 68.4 Å². The van der Waals surface area contributed by atoms with Gasteiger partial charge in [0, 0.05) is 7.14 Å². The van der Waals surface area contributed by atoms with E-state index in [4.69, 9.17) is 23.2 Å². The molecule has 3 rings (SSSR count). The summed E-state index contributed by atoms with van der Waals surface area (Å²) in [5.41, 5.74) is 2.85. The molecule has 0 bridgehead atoms. The van der Waals surface area contributed by atoms with Crippen molar-refractivity contribution in [2.45, 2.75) is 12.3 Å². The van der Waals surface area contributed by atoms with E-state index in [9.17, 15) is 0 Å². The van der Waals surface area contributed by atoms with Crippen LogP contribution in [0, 0.1) is 7.14 Å². The third-order valence-corrected chi connectivity index (χ3v) is 4.99. The van der Waals surface area contributed by atoms with Gasteiger partial charge >= 0.3 is 0 Å². The number of hydrogen-bond donors (Lipinski definition) is 0. The lowest BCUT2D eigenvalue weighted by atomic mass is 10.2. The smallest absolute Gasteiger partial charge is 0.132 e. The number of imidazole rings is 1. The van der Waals surface area contributed by atoms with E-state index in [1.54, 1.807) is 0 Å². The monoisotopic (exact) mass is 542 g/mol. The van der Waals surface area contributed by atoms with Crippen LogP contribution in [0.4, 0.5) is 0 Å². The van der Waals surface area contributed by atoms with Gasteiger partial charge in [0.05, 0.1) is 27.1 Å². The number of fused-ring (bicyclic) bond motifs is 1. The minimum atomic E-state index is -0.203. The second-order valence-electron chi connectivity index (χ2n) is 4.65. The van der Waals surface area contributed by atoms with E-state index in [1.807, 2.05) is 29.7 Å². The molecule has 0 N–H and O–H groups in total. The SMILES string of the molecule is CC(Cl)c1nc2cc(I)ccc2n1-c1ccc(I)cc1Cl. The van der Waals surface area contributed by atoms with E-state index in [0.717, 1.165) is 29.7 Å². The Kier molecular flexibility index (Phi) is 4.69. The van der Waals surface area contributed by atoms with Gasteiger partial charge < -0.3 is 0 Å². The van der Waals surface area contributed by atoms with Gasteiger partial charge in [-0.15, -0.1) is 11.6 Å². The number of benzene rings is 2. The number of aromatic nitrogens is 2. The first-order valence-electron chi connectivity index (χ1n) is 6.25. The molecule has 6 heteroatoms. The Morgan fingerprint density at radius 1 is 1.10 bits per heavy atom. The summed E-state index contributed by atoms with van der Waals surface area (Å²) in [5.74, 6) is 0.803. The zero-order valence-electron chi connectivity index (χ0n) is 10.9.